The van der Waals surface area contributed by atoms with E-state index in [1.807, 2.05) is 36.4 Å². The van der Waals surface area contributed by atoms with Gasteiger partial charge in [-0.05, 0) is 0 Å². The van der Waals surface area contributed by atoms with E-state index in [1.165, 1.54) is 0 Å². The maximum Gasteiger partial charge on any atom is 0.121 e. The van der Waals surface area contributed by atoms with Gasteiger partial charge in [0.15, 0.2) is 0 Å². The summed E-state index contributed by atoms with van der Waals surface area (Å²) in [6, 6.07) is 20.3. The van der Waals surface area contributed by atoms with E-state index in [0.717, 1.165) is 22.5 Å². The van der Waals surface area contributed by atoms with Crippen LogP contribution >= 0.6 is 0 Å². The summed E-state index contributed by atoms with van der Waals surface area (Å²) in [5, 5.41) is 8.20. The molecule has 0 N–H and O–H groups in total. The molecule has 0 aromatic heterocycles. The first kappa shape index (κ1) is 9.04. The van der Waals surface area contributed by atoms with Gasteiger partial charge in [-0.25, -0.2) is 0 Å². The van der Waals surface area contributed by atoms with E-state index in [2.05, 4.69) is 34.5 Å². The normalized spacial score (nSPS) is 13.8. The van der Waals surface area contributed by atoms with Crippen LogP contribution < -0.4 is 0 Å². The first-order chi connectivity index (χ1) is 7.95. The Hall–Kier alpha value is -2.22. The molecule has 1 aliphatic rings. The molecule has 0 amide bonds. The highest BCUT2D eigenvalue weighted by molar-refractivity contribution is 5.93. The summed E-state index contributed by atoms with van der Waals surface area (Å²) in [5.41, 5.74) is 4.20. The summed E-state index contributed by atoms with van der Waals surface area (Å²) in [6.07, 6.45) is 0. The topological polar surface area (TPSA) is 24.7 Å². The Morgan fingerprint density at radius 3 is 1.19 bits per heavy atom. The summed E-state index contributed by atoms with van der Waals surface area (Å²) in [7, 11) is 0. The van der Waals surface area contributed by atoms with E-state index in [4.69, 9.17) is 0 Å². The largest absolute Gasteiger partial charge is 0.147 e. The molecule has 3 rings (SSSR count). The first-order valence-corrected chi connectivity index (χ1v) is 5.22. The van der Waals surface area contributed by atoms with Crippen LogP contribution in [0.1, 0.15) is 11.1 Å². The van der Waals surface area contributed by atoms with E-state index in [1.54, 1.807) is 0 Å². The van der Waals surface area contributed by atoms with Gasteiger partial charge in [0.2, 0.25) is 0 Å². The predicted molar refractivity (Wildman–Crippen MR) is 64.6 cm³/mol. The average molecular weight is 206 g/mol. The molecule has 0 saturated heterocycles. The molecule has 0 aliphatic carbocycles. The van der Waals surface area contributed by atoms with Crippen LogP contribution in [0.5, 0.6) is 0 Å². The van der Waals surface area contributed by atoms with E-state index < -0.39 is 0 Å². The Morgan fingerprint density at radius 2 is 0.875 bits per heavy atom. The number of benzene rings is 2. The van der Waals surface area contributed by atoms with Crippen molar-refractivity contribution >= 4 is 11.4 Å². The van der Waals surface area contributed by atoms with Gasteiger partial charge < -0.3 is 0 Å². The van der Waals surface area contributed by atoms with Crippen LogP contribution in [0.4, 0.5) is 0 Å². The zero-order valence-electron chi connectivity index (χ0n) is 8.67. The molecule has 76 valence electrons. The van der Waals surface area contributed by atoms with Crippen LogP contribution in [0.3, 0.4) is 0 Å². The van der Waals surface area contributed by atoms with E-state index >= 15 is 0 Å². The van der Waals surface area contributed by atoms with Crippen LogP contribution in [-0.2, 0) is 0 Å². The molecule has 2 heteroatoms. The maximum atomic E-state index is 4.10. The molecule has 0 saturated carbocycles. The minimum atomic E-state index is 0.979. The summed E-state index contributed by atoms with van der Waals surface area (Å²) in [6.45, 7) is 0. The highest BCUT2D eigenvalue weighted by Gasteiger charge is 2.17. The summed E-state index contributed by atoms with van der Waals surface area (Å²) >= 11 is 0. The van der Waals surface area contributed by atoms with Gasteiger partial charge in [-0.3, -0.25) is 0 Å². The van der Waals surface area contributed by atoms with Crippen molar-refractivity contribution in [2.75, 3.05) is 0 Å². The fraction of sp³-hybridized carbons (Fsp3) is 0. The lowest BCUT2D eigenvalue weighted by Gasteiger charge is -2.13. The number of hydrogen-bond donors (Lipinski definition) is 0. The first-order valence-electron chi connectivity index (χ1n) is 5.22. The zero-order valence-corrected chi connectivity index (χ0v) is 8.67. The molecule has 2 aromatic carbocycles. The monoisotopic (exact) mass is 206 g/mol. The molecule has 2 aromatic rings. The molecular weight excluding hydrogens is 196 g/mol. The highest BCUT2D eigenvalue weighted by Crippen LogP contribution is 2.35. The molecular formula is C14H10N2. The van der Waals surface area contributed by atoms with Gasteiger partial charge in [0.25, 0.3) is 0 Å². The van der Waals surface area contributed by atoms with E-state index in [-0.39, 0.29) is 0 Å². The molecule has 0 unspecified atom stereocenters. The van der Waals surface area contributed by atoms with Gasteiger partial charge >= 0.3 is 0 Å². The maximum absolute atomic E-state index is 4.10. The van der Waals surface area contributed by atoms with Crippen molar-refractivity contribution in [2.45, 2.75) is 0 Å². The molecule has 0 spiro atoms. The SMILES string of the molecule is c1ccc(C2=C(c3ccccc3)N=N2)cc1. The molecule has 0 bridgehead atoms. The fourth-order valence-corrected chi connectivity index (χ4v) is 1.73. The minimum Gasteiger partial charge on any atom is -0.147 e. The van der Waals surface area contributed by atoms with Crippen LogP contribution in [0.15, 0.2) is 70.9 Å². The van der Waals surface area contributed by atoms with Crippen LogP contribution in [0, 0.1) is 0 Å². The Bertz CT molecular complexity index is 502. The predicted octanol–water partition coefficient (Wildman–Crippen LogP) is 3.98. The Labute approximate surface area is 94.0 Å². The van der Waals surface area contributed by atoms with E-state index in [0.29, 0.717) is 0 Å². The molecule has 0 fully saturated rings. The number of azo groups is 1. The summed E-state index contributed by atoms with van der Waals surface area (Å²) in [4.78, 5) is 0. The number of nitrogens with zero attached hydrogens (tertiary/aromatic N) is 2. The molecule has 1 aliphatic heterocycles. The van der Waals surface area contributed by atoms with Crippen LogP contribution in [0.25, 0.3) is 11.4 Å². The van der Waals surface area contributed by atoms with Crippen LogP contribution in [0.2, 0.25) is 0 Å². The van der Waals surface area contributed by atoms with Gasteiger partial charge in [-0.1, -0.05) is 60.7 Å². The third-order valence-corrected chi connectivity index (χ3v) is 2.57. The third kappa shape index (κ3) is 1.44. The smallest absolute Gasteiger partial charge is 0.121 e. The van der Waals surface area contributed by atoms with Crippen molar-refractivity contribution < 1.29 is 0 Å². The highest BCUT2D eigenvalue weighted by atomic mass is 15.2. The molecule has 2 nitrogen and oxygen atoms in total. The molecule has 1 heterocycles. The lowest BCUT2D eigenvalue weighted by atomic mass is 10.0. The standard InChI is InChI=1S/C14H10N2/c1-3-7-11(8-4-1)13-14(16-15-13)12-9-5-2-6-10-12/h1-10H. The summed E-state index contributed by atoms with van der Waals surface area (Å²) in [5.74, 6) is 0. The average Bonchev–Trinajstić information content (AvgIpc) is 2.30. The van der Waals surface area contributed by atoms with Crippen molar-refractivity contribution in [3.63, 3.8) is 0 Å². The Morgan fingerprint density at radius 1 is 0.500 bits per heavy atom. The Balaban J connectivity index is 2.04. The lowest BCUT2D eigenvalue weighted by Crippen LogP contribution is -1.94. The summed E-state index contributed by atoms with van der Waals surface area (Å²) < 4.78 is 0. The Kier molecular flexibility index (Phi) is 2.11. The second-order valence-corrected chi connectivity index (χ2v) is 3.63. The van der Waals surface area contributed by atoms with E-state index in [9.17, 15) is 0 Å². The van der Waals surface area contributed by atoms with Crippen molar-refractivity contribution in [3.8, 4) is 0 Å². The van der Waals surface area contributed by atoms with Gasteiger partial charge in [-0.15, -0.1) is 10.2 Å². The molecule has 16 heavy (non-hydrogen) atoms. The quantitative estimate of drug-likeness (QED) is 0.710. The van der Waals surface area contributed by atoms with Gasteiger partial charge in [0.05, 0.1) is 0 Å². The van der Waals surface area contributed by atoms with Crippen molar-refractivity contribution in [2.24, 2.45) is 10.2 Å². The van der Waals surface area contributed by atoms with Gasteiger partial charge in [0, 0.05) is 11.1 Å². The van der Waals surface area contributed by atoms with Crippen molar-refractivity contribution in [1.29, 1.82) is 0 Å². The third-order valence-electron chi connectivity index (χ3n) is 2.57. The molecule has 0 radical (unpaired) electrons. The van der Waals surface area contributed by atoms with Crippen LogP contribution in [-0.4, -0.2) is 0 Å². The fourth-order valence-electron chi connectivity index (χ4n) is 1.73. The lowest BCUT2D eigenvalue weighted by molar-refractivity contribution is 1.17. The van der Waals surface area contributed by atoms with Crippen molar-refractivity contribution in [1.82, 2.24) is 0 Å². The van der Waals surface area contributed by atoms with Gasteiger partial charge in [-0.2, -0.15) is 0 Å². The molecule has 0 atom stereocenters. The number of hydrogen-bond acceptors (Lipinski definition) is 2. The van der Waals surface area contributed by atoms with Gasteiger partial charge in [0.1, 0.15) is 11.4 Å². The zero-order chi connectivity index (χ0) is 10.8. The van der Waals surface area contributed by atoms with Crippen molar-refractivity contribution in [3.05, 3.63) is 71.8 Å². The minimum absolute atomic E-state index is 0.979. The second-order valence-electron chi connectivity index (χ2n) is 3.63. The second kappa shape index (κ2) is 3.74. The number of rotatable bonds is 2.